The summed E-state index contributed by atoms with van der Waals surface area (Å²) in [6.07, 6.45) is -0.0362. The number of benzene rings is 1. The Kier molecular flexibility index (Phi) is 5.64. The molecular formula is C18H18F3N3O2. The van der Waals surface area contributed by atoms with E-state index < -0.39 is 23.5 Å². The van der Waals surface area contributed by atoms with Crippen molar-refractivity contribution in [1.82, 2.24) is 9.78 Å². The summed E-state index contributed by atoms with van der Waals surface area (Å²) in [5.41, 5.74) is -0.339. The average molecular weight is 365 g/mol. The highest BCUT2D eigenvalue weighted by Crippen LogP contribution is 2.32. The van der Waals surface area contributed by atoms with Crippen molar-refractivity contribution in [1.29, 1.82) is 5.41 Å². The number of halogens is 3. The number of nitrogens with one attached hydrogen (secondary N) is 1. The van der Waals surface area contributed by atoms with Gasteiger partial charge in [-0.3, -0.25) is 0 Å². The minimum absolute atomic E-state index is 0.0499. The first kappa shape index (κ1) is 19.4. The lowest BCUT2D eigenvalue weighted by Crippen LogP contribution is -2.14. The van der Waals surface area contributed by atoms with E-state index >= 15 is 0 Å². The zero-order chi connectivity index (χ0) is 19.5. The Bertz CT molecular complexity index is 867. The summed E-state index contributed by atoms with van der Waals surface area (Å²) >= 11 is 0. The fraction of sp³-hybridized carbons (Fsp3) is 0.278. The number of aromatic nitrogens is 2. The highest BCUT2D eigenvalue weighted by molar-refractivity contribution is 6.01. The van der Waals surface area contributed by atoms with E-state index in [-0.39, 0.29) is 5.69 Å². The Hall–Kier alpha value is -2.90. The molecule has 138 valence electrons. The number of rotatable bonds is 6. The summed E-state index contributed by atoms with van der Waals surface area (Å²) in [6, 6.07) is 4.95. The van der Waals surface area contributed by atoms with Crippen molar-refractivity contribution in [2.45, 2.75) is 32.9 Å². The molecule has 0 aliphatic heterocycles. The van der Waals surface area contributed by atoms with Crippen LogP contribution in [0.1, 0.15) is 54.0 Å². The van der Waals surface area contributed by atoms with E-state index in [2.05, 4.69) is 5.10 Å². The lowest BCUT2D eigenvalue weighted by atomic mass is 9.99. The SMILES string of the molecule is CC=Cc1ccc(-n2nc(C(=O)O)cc2C(F)(F)F)cc1C(=N)CCC. The molecule has 1 aromatic heterocycles. The molecule has 0 bridgehead atoms. The van der Waals surface area contributed by atoms with Crippen LogP contribution in [0.15, 0.2) is 30.3 Å². The van der Waals surface area contributed by atoms with Crippen molar-refractivity contribution in [3.8, 4) is 5.69 Å². The second kappa shape index (κ2) is 7.55. The van der Waals surface area contributed by atoms with Crippen LogP contribution in [0, 0.1) is 5.41 Å². The predicted molar refractivity (Wildman–Crippen MR) is 92.0 cm³/mol. The van der Waals surface area contributed by atoms with Gasteiger partial charge in [-0.1, -0.05) is 31.6 Å². The highest BCUT2D eigenvalue weighted by atomic mass is 19.4. The van der Waals surface area contributed by atoms with Crippen LogP contribution in [0.2, 0.25) is 0 Å². The van der Waals surface area contributed by atoms with E-state index in [1.807, 2.05) is 6.92 Å². The maximum absolute atomic E-state index is 13.3. The van der Waals surface area contributed by atoms with Gasteiger partial charge in [-0.25, -0.2) is 9.48 Å². The molecule has 0 unspecified atom stereocenters. The van der Waals surface area contributed by atoms with Crippen LogP contribution in [0.5, 0.6) is 0 Å². The molecule has 0 aliphatic carbocycles. The number of nitrogens with zero attached hydrogens (tertiary/aromatic N) is 2. The Morgan fingerprint density at radius 3 is 2.58 bits per heavy atom. The summed E-state index contributed by atoms with van der Waals surface area (Å²) in [7, 11) is 0. The summed E-state index contributed by atoms with van der Waals surface area (Å²) in [5, 5.41) is 20.7. The number of allylic oxidation sites excluding steroid dienone is 1. The van der Waals surface area contributed by atoms with Crippen molar-refractivity contribution in [3.05, 3.63) is 52.9 Å². The lowest BCUT2D eigenvalue weighted by Gasteiger charge is -2.13. The summed E-state index contributed by atoms with van der Waals surface area (Å²) in [5.74, 6) is -1.54. The third-order valence-corrected chi connectivity index (χ3v) is 3.67. The third-order valence-electron chi connectivity index (χ3n) is 3.67. The minimum atomic E-state index is -4.76. The Labute approximate surface area is 148 Å². The van der Waals surface area contributed by atoms with Crippen LogP contribution in [0.25, 0.3) is 11.8 Å². The van der Waals surface area contributed by atoms with E-state index in [1.165, 1.54) is 12.1 Å². The Morgan fingerprint density at radius 2 is 2.04 bits per heavy atom. The molecule has 2 rings (SSSR count). The first-order valence-electron chi connectivity index (χ1n) is 7.94. The smallest absolute Gasteiger partial charge is 0.433 e. The number of carbonyl (C=O) groups is 1. The van der Waals surface area contributed by atoms with Gasteiger partial charge in [0.05, 0.1) is 5.69 Å². The molecule has 1 heterocycles. The third kappa shape index (κ3) is 4.01. The number of alkyl halides is 3. The fourth-order valence-corrected chi connectivity index (χ4v) is 2.53. The van der Waals surface area contributed by atoms with Crippen LogP contribution < -0.4 is 0 Å². The van der Waals surface area contributed by atoms with E-state index in [0.29, 0.717) is 34.0 Å². The monoisotopic (exact) mass is 365 g/mol. The number of hydrogen-bond acceptors (Lipinski definition) is 3. The quantitative estimate of drug-likeness (QED) is 0.723. The average Bonchev–Trinajstić information content (AvgIpc) is 3.01. The standard InChI is InChI=1S/C18H18F3N3O2/c1-3-5-11-7-8-12(9-13(11)14(22)6-4-2)24-16(18(19,20)21)10-15(23-24)17(25)26/h3,5,7-10,22H,4,6H2,1-2H3,(H,25,26). The molecule has 0 saturated heterocycles. The van der Waals surface area contributed by atoms with E-state index in [9.17, 15) is 18.0 Å². The van der Waals surface area contributed by atoms with Crippen molar-refractivity contribution in [2.24, 2.45) is 0 Å². The first-order valence-corrected chi connectivity index (χ1v) is 7.94. The Morgan fingerprint density at radius 1 is 1.35 bits per heavy atom. The van der Waals surface area contributed by atoms with Gasteiger partial charge in [0.25, 0.3) is 0 Å². The summed E-state index contributed by atoms with van der Waals surface area (Å²) in [4.78, 5) is 11.0. The maximum Gasteiger partial charge on any atom is 0.433 e. The van der Waals surface area contributed by atoms with Gasteiger partial charge >= 0.3 is 12.1 Å². The first-order chi connectivity index (χ1) is 12.2. The molecule has 0 radical (unpaired) electrons. The maximum atomic E-state index is 13.3. The highest BCUT2D eigenvalue weighted by Gasteiger charge is 2.37. The van der Waals surface area contributed by atoms with Crippen LogP contribution in [0.3, 0.4) is 0 Å². The number of hydrogen-bond donors (Lipinski definition) is 2. The van der Waals surface area contributed by atoms with Crippen molar-refractivity contribution >= 4 is 17.8 Å². The predicted octanol–water partition coefficient (Wildman–Crippen LogP) is 4.79. The largest absolute Gasteiger partial charge is 0.476 e. The minimum Gasteiger partial charge on any atom is -0.476 e. The molecule has 0 spiro atoms. The fourth-order valence-electron chi connectivity index (χ4n) is 2.53. The van der Waals surface area contributed by atoms with E-state index in [4.69, 9.17) is 10.5 Å². The number of carboxylic acid groups (broad SMARTS) is 1. The van der Waals surface area contributed by atoms with Crippen LogP contribution in [0.4, 0.5) is 13.2 Å². The van der Waals surface area contributed by atoms with E-state index in [1.54, 1.807) is 25.1 Å². The summed E-state index contributed by atoms with van der Waals surface area (Å²) in [6.45, 7) is 3.71. The molecule has 0 saturated carbocycles. The molecule has 8 heteroatoms. The van der Waals surface area contributed by atoms with Gasteiger partial charge in [-0.15, -0.1) is 0 Å². The zero-order valence-corrected chi connectivity index (χ0v) is 14.3. The topological polar surface area (TPSA) is 79.0 Å². The normalized spacial score (nSPS) is 11.9. The molecule has 0 amide bonds. The lowest BCUT2D eigenvalue weighted by molar-refractivity contribution is -0.142. The molecular weight excluding hydrogens is 347 g/mol. The van der Waals surface area contributed by atoms with Crippen molar-refractivity contribution < 1.29 is 23.1 Å². The second-order valence-electron chi connectivity index (χ2n) is 5.63. The molecule has 2 aromatic rings. The Balaban J connectivity index is 2.67. The van der Waals surface area contributed by atoms with Crippen LogP contribution in [-0.4, -0.2) is 26.6 Å². The van der Waals surface area contributed by atoms with Crippen LogP contribution in [-0.2, 0) is 6.18 Å². The summed E-state index contributed by atoms with van der Waals surface area (Å²) < 4.78 is 40.4. The number of aromatic carboxylic acids is 1. The van der Waals surface area contributed by atoms with Gasteiger partial charge in [-0.2, -0.15) is 18.3 Å². The van der Waals surface area contributed by atoms with Crippen molar-refractivity contribution in [3.63, 3.8) is 0 Å². The van der Waals surface area contributed by atoms with Gasteiger partial charge in [0.2, 0.25) is 0 Å². The van der Waals surface area contributed by atoms with Gasteiger partial charge < -0.3 is 10.5 Å². The molecule has 0 atom stereocenters. The molecule has 26 heavy (non-hydrogen) atoms. The second-order valence-corrected chi connectivity index (χ2v) is 5.63. The van der Waals surface area contributed by atoms with Gasteiger partial charge in [0.1, 0.15) is 5.69 Å². The molecule has 2 N–H and O–H groups in total. The zero-order valence-electron chi connectivity index (χ0n) is 14.3. The molecule has 0 aliphatic rings. The molecule has 1 aromatic carbocycles. The van der Waals surface area contributed by atoms with Crippen LogP contribution >= 0.6 is 0 Å². The van der Waals surface area contributed by atoms with Gasteiger partial charge in [0, 0.05) is 17.3 Å². The van der Waals surface area contributed by atoms with E-state index in [0.717, 1.165) is 6.42 Å². The number of carboxylic acids is 1. The van der Waals surface area contributed by atoms with Gasteiger partial charge in [0.15, 0.2) is 5.69 Å². The van der Waals surface area contributed by atoms with Gasteiger partial charge in [-0.05, 0) is 31.0 Å². The molecule has 5 nitrogen and oxygen atoms in total. The van der Waals surface area contributed by atoms with Crippen molar-refractivity contribution in [2.75, 3.05) is 0 Å². The molecule has 0 fully saturated rings.